The SMILES string of the molecule is [B]=BB=BOCC(C)C. The van der Waals surface area contributed by atoms with Crippen molar-refractivity contribution in [3.63, 3.8) is 0 Å². The third kappa shape index (κ3) is 8.06. The molecule has 0 saturated heterocycles. The van der Waals surface area contributed by atoms with Crippen molar-refractivity contribution in [2.45, 2.75) is 13.8 Å². The Labute approximate surface area is 59.6 Å². The summed E-state index contributed by atoms with van der Waals surface area (Å²) in [7, 11) is 6.65. The van der Waals surface area contributed by atoms with Crippen LogP contribution in [0.3, 0.4) is 0 Å². The summed E-state index contributed by atoms with van der Waals surface area (Å²) in [5, 5.41) is 0. The van der Waals surface area contributed by atoms with Gasteiger partial charge >= 0.3 is 58.8 Å². The summed E-state index contributed by atoms with van der Waals surface area (Å²) in [4.78, 5) is 0. The molecule has 0 aromatic heterocycles. The van der Waals surface area contributed by atoms with E-state index in [4.69, 9.17) is 12.0 Å². The Balaban J connectivity index is 3.08. The molecule has 0 rings (SSSR count). The molecule has 0 saturated carbocycles. The summed E-state index contributed by atoms with van der Waals surface area (Å²) in [6.45, 7) is 8.06. The average Bonchev–Trinajstić information content (AvgIpc) is 1.80. The van der Waals surface area contributed by atoms with Crippen LogP contribution in [0.2, 0.25) is 0 Å². The molecule has 0 N–H and O–H groups in total. The standard InChI is InChI=1S/C4H9B4O/c1-4(2)3-9-8-7-6-5/h4H,3H2,1-2H3. The Hall–Kier alpha value is 0.0597. The fraction of sp³-hybridized carbons (Fsp3) is 1.00. The van der Waals surface area contributed by atoms with Gasteiger partial charge in [0.05, 0.1) is 0 Å². The normalized spacial score (nSPS) is 8.22. The molecule has 0 amide bonds. The Morgan fingerprint density at radius 3 is 2.67 bits per heavy atom. The van der Waals surface area contributed by atoms with Crippen molar-refractivity contribution in [1.29, 1.82) is 0 Å². The molecule has 0 aromatic rings. The molecular formula is C4H9B4O. The molecule has 0 bridgehead atoms. The van der Waals surface area contributed by atoms with Crippen molar-refractivity contribution in [2.75, 3.05) is 6.61 Å². The predicted molar refractivity (Wildman–Crippen MR) is 43.8 cm³/mol. The van der Waals surface area contributed by atoms with Gasteiger partial charge in [-0.25, -0.2) is 0 Å². The van der Waals surface area contributed by atoms with Crippen molar-refractivity contribution in [3.05, 3.63) is 0 Å². The maximum atomic E-state index is 5.05. The first kappa shape index (κ1) is 9.06. The molecule has 0 aromatic carbocycles. The summed E-state index contributed by atoms with van der Waals surface area (Å²) < 4.78 is 5.04. The van der Waals surface area contributed by atoms with Gasteiger partial charge in [-0.15, -0.1) is 0 Å². The molecule has 1 nitrogen and oxygen atoms in total. The molecule has 0 spiro atoms. The van der Waals surface area contributed by atoms with Crippen LogP contribution in [0.15, 0.2) is 0 Å². The summed E-state index contributed by atoms with van der Waals surface area (Å²) in [6.07, 6.45) is 0. The quantitative estimate of drug-likeness (QED) is 0.454. The zero-order valence-electron chi connectivity index (χ0n) is 6.00. The van der Waals surface area contributed by atoms with Gasteiger partial charge in [-0.3, -0.25) is 0 Å². The van der Waals surface area contributed by atoms with Gasteiger partial charge in [-0.1, -0.05) is 0 Å². The van der Waals surface area contributed by atoms with Crippen LogP contribution in [0.5, 0.6) is 0 Å². The van der Waals surface area contributed by atoms with Crippen LogP contribution in [0.4, 0.5) is 0 Å². The molecule has 0 fully saturated rings. The fourth-order valence-electron chi connectivity index (χ4n) is 0.349. The van der Waals surface area contributed by atoms with E-state index in [-0.39, 0.29) is 0 Å². The van der Waals surface area contributed by atoms with Crippen LogP contribution in [0, 0.1) is 5.92 Å². The molecule has 1 radical (unpaired) electrons. The van der Waals surface area contributed by atoms with Crippen LogP contribution >= 0.6 is 0 Å². The first-order chi connectivity index (χ1) is 4.27. The van der Waals surface area contributed by atoms with E-state index in [2.05, 4.69) is 13.8 Å². The Morgan fingerprint density at radius 2 is 2.22 bits per heavy atom. The third-order valence-electron chi connectivity index (χ3n) is 0.715. The topological polar surface area (TPSA) is 9.23 Å². The van der Waals surface area contributed by atoms with Gasteiger partial charge < -0.3 is 0 Å². The second-order valence-electron chi connectivity index (χ2n) is 2.25. The average molecular weight is 116 g/mol. The van der Waals surface area contributed by atoms with Crippen molar-refractivity contribution < 1.29 is 4.65 Å². The van der Waals surface area contributed by atoms with E-state index in [0.29, 0.717) is 5.92 Å². The van der Waals surface area contributed by atoms with Gasteiger partial charge in [0, 0.05) is 0 Å². The minimum absolute atomic E-state index is 0.576. The van der Waals surface area contributed by atoms with Crippen molar-refractivity contribution in [1.82, 2.24) is 0 Å². The first-order valence-electron chi connectivity index (χ1n) is 3.09. The van der Waals surface area contributed by atoms with E-state index >= 15 is 0 Å². The van der Waals surface area contributed by atoms with Crippen LogP contribution in [-0.4, -0.2) is 34.4 Å². The molecule has 0 aliphatic rings. The fourth-order valence-corrected chi connectivity index (χ4v) is 0.349. The number of hydrogen-bond acceptors (Lipinski definition) is 1. The minimum atomic E-state index is 0.576. The van der Waals surface area contributed by atoms with Gasteiger partial charge in [0.25, 0.3) is 0 Å². The Kier molecular flexibility index (Phi) is 6.22. The molecule has 43 valence electrons. The van der Waals surface area contributed by atoms with Crippen molar-refractivity contribution >= 4 is 27.8 Å². The van der Waals surface area contributed by atoms with Gasteiger partial charge in [0.2, 0.25) is 0 Å². The van der Waals surface area contributed by atoms with Gasteiger partial charge in [-0.05, 0) is 0 Å². The monoisotopic (exact) mass is 117 g/mol. The molecular weight excluding hydrogens is 107 g/mol. The molecule has 9 heavy (non-hydrogen) atoms. The van der Waals surface area contributed by atoms with E-state index in [1.807, 2.05) is 0 Å². The summed E-state index contributed by atoms with van der Waals surface area (Å²) >= 11 is 0. The Morgan fingerprint density at radius 1 is 1.56 bits per heavy atom. The van der Waals surface area contributed by atoms with Gasteiger partial charge in [0.1, 0.15) is 0 Å². The molecule has 0 atom stereocenters. The molecule has 5 heteroatoms. The van der Waals surface area contributed by atoms with E-state index in [9.17, 15) is 0 Å². The van der Waals surface area contributed by atoms with E-state index in [1.165, 1.54) is 6.69 Å². The van der Waals surface area contributed by atoms with Crippen LogP contribution < -0.4 is 0 Å². The molecule has 0 unspecified atom stereocenters. The first-order valence-corrected chi connectivity index (χ1v) is 3.09. The number of rotatable bonds is 4. The van der Waals surface area contributed by atoms with Crippen molar-refractivity contribution in [2.24, 2.45) is 5.92 Å². The summed E-state index contributed by atoms with van der Waals surface area (Å²) in [5.41, 5.74) is 0. The zero-order valence-corrected chi connectivity index (χ0v) is 6.00. The van der Waals surface area contributed by atoms with Crippen LogP contribution in [0.25, 0.3) is 0 Å². The van der Waals surface area contributed by atoms with Gasteiger partial charge in [-0.2, -0.15) is 0 Å². The van der Waals surface area contributed by atoms with E-state index in [1.54, 1.807) is 13.7 Å². The zero-order chi connectivity index (χ0) is 7.11. The predicted octanol–water partition coefficient (Wildman–Crippen LogP) is -0.400. The Bertz CT molecular complexity index is 101. The van der Waals surface area contributed by atoms with Gasteiger partial charge in [0.15, 0.2) is 0 Å². The summed E-state index contributed by atoms with van der Waals surface area (Å²) in [5.74, 6) is 0.576. The number of hydrogen-bond donors (Lipinski definition) is 0. The molecule has 0 aliphatic heterocycles. The van der Waals surface area contributed by atoms with Crippen LogP contribution in [0.1, 0.15) is 13.8 Å². The van der Waals surface area contributed by atoms with E-state index < -0.39 is 0 Å². The van der Waals surface area contributed by atoms with Crippen LogP contribution in [-0.2, 0) is 4.65 Å². The second-order valence-corrected chi connectivity index (χ2v) is 2.25. The second kappa shape index (κ2) is 6.18. The molecule has 0 aliphatic carbocycles. The molecule has 0 heterocycles. The van der Waals surface area contributed by atoms with E-state index in [0.717, 1.165) is 6.61 Å². The maximum absolute atomic E-state index is 5.05. The van der Waals surface area contributed by atoms with Crippen molar-refractivity contribution in [3.8, 4) is 0 Å². The third-order valence-corrected chi connectivity index (χ3v) is 0.715. The summed E-state index contributed by atoms with van der Waals surface area (Å²) in [6, 6.07) is 0.